The minimum Gasteiger partial charge on any atom is -0.490 e. The van der Waals surface area contributed by atoms with Crippen LogP contribution >= 0.6 is 0 Å². The Labute approximate surface area is 356 Å². The summed E-state index contributed by atoms with van der Waals surface area (Å²) in [4.78, 5) is 75.4. The Morgan fingerprint density at radius 2 is 1.61 bits per heavy atom. The third-order valence-corrected chi connectivity index (χ3v) is 11.0. The second-order valence-electron chi connectivity index (χ2n) is 15.1. The van der Waals surface area contributed by atoms with Gasteiger partial charge in [-0.3, -0.25) is 34.2 Å². The molecule has 2 aromatic heterocycles. The number of ether oxygens (including phenoxy) is 4. The van der Waals surface area contributed by atoms with Gasteiger partial charge in [-0.25, -0.2) is 14.6 Å². The molecule has 5 aromatic rings. The Balaban J connectivity index is 0.763. The van der Waals surface area contributed by atoms with Crippen LogP contribution in [-0.2, 0) is 23.9 Å². The molecule has 0 bridgehead atoms. The van der Waals surface area contributed by atoms with Gasteiger partial charge >= 0.3 is 0 Å². The van der Waals surface area contributed by atoms with Gasteiger partial charge in [0.15, 0.2) is 5.65 Å². The summed E-state index contributed by atoms with van der Waals surface area (Å²) in [7, 11) is 0. The number of hydrogen-bond donors (Lipinski definition) is 2. The zero-order chi connectivity index (χ0) is 43.2. The molecule has 17 nitrogen and oxygen atoms in total. The number of fused-ring (bicyclic) bond motifs is 2. The smallest absolute Gasteiger partial charge is 0.266 e. The third kappa shape index (κ3) is 8.89. The fourth-order valence-electron chi connectivity index (χ4n) is 7.95. The highest BCUT2D eigenvalue weighted by Gasteiger charge is 2.46. The number of likely N-dealkylation sites (tertiary alicyclic amines) is 1. The number of para-hydroxylation sites is 1. The lowest BCUT2D eigenvalue weighted by atomic mass is 10.0. The van der Waals surface area contributed by atoms with Gasteiger partial charge in [0.1, 0.15) is 47.7 Å². The van der Waals surface area contributed by atoms with Gasteiger partial charge in [-0.15, -0.1) is 0 Å². The first-order valence-corrected chi connectivity index (χ1v) is 20.6. The number of amides is 5. The van der Waals surface area contributed by atoms with Crippen LogP contribution < -0.4 is 20.5 Å². The SMILES string of the molecule is C=C(CCCOCCOCCOc1cccc2c1C(=O)N(C1CCC(=O)NC1=O)C2=O)C(=O)N1CCCC(n2nc(-c3ccc(Oc4ccccc4)cc3)c3c(N)ncnc32)C1. The van der Waals surface area contributed by atoms with E-state index in [9.17, 15) is 24.0 Å². The summed E-state index contributed by atoms with van der Waals surface area (Å²) >= 11 is 0. The van der Waals surface area contributed by atoms with Crippen molar-refractivity contribution >= 4 is 46.4 Å². The topological polar surface area (TPSA) is 210 Å². The van der Waals surface area contributed by atoms with Crippen LogP contribution in [0.15, 0.2) is 91.3 Å². The number of hydrogen-bond acceptors (Lipinski definition) is 13. The van der Waals surface area contributed by atoms with E-state index in [0.29, 0.717) is 79.6 Å². The van der Waals surface area contributed by atoms with E-state index in [1.165, 1.54) is 12.4 Å². The predicted molar refractivity (Wildman–Crippen MR) is 225 cm³/mol. The number of anilines is 1. The van der Waals surface area contributed by atoms with Crippen molar-refractivity contribution in [3.63, 3.8) is 0 Å². The van der Waals surface area contributed by atoms with Crippen LogP contribution in [0.2, 0.25) is 0 Å². The van der Waals surface area contributed by atoms with E-state index >= 15 is 0 Å². The van der Waals surface area contributed by atoms with Gasteiger partial charge in [0.25, 0.3) is 11.8 Å². The lowest BCUT2D eigenvalue weighted by Gasteiger charge is -2.33. The maximum Gasteiger partial charge on any atom is 0.266 e. The molecular formula is C45H46N8O9. The second kappa shape index (κ2) is 18.7. The normalized spacial score (nSPS) is 17.6. The monoisotopic (exact) mass is 842 g/mol. The maximum atomic E-state index is 13.6. The summed E-state index contributed by atoms with van der Waals surface area (Å²) < 4.78 is 25.0. The molecule has 0 aliphatic carbocycles. The van der Waals surface area contributed by atoms with E-state index in [0.717, 1.165) is 29.1 Å². The molecule has 3 aliphatic heterocycles. The molecule has 3 aromatic carbocycles. The van der Waals surface area contributed by atoms with Gasteiger partial charge in [0.2, 0.25) is 17.7 Å². The van der Waals surface area contributed by atoms with Crippen molar-refractivity contribution in [3.05, 3.63) is 102 Å². The Morgan fingerprint density at radius 3 is 2.40 bits per heavy atom. The minimum absolute atomic E-state index is 0.0368. The highest BCUT2D eigenvalue weighted by molar-refractivity contribution is 6.24. The number of rotatable bonds is 17. The first kappa shape index (κ1) is 41.7. The highest BCUT2D eigenvalue weighted by atomic mass is 16.5. The van der Waals surface area contributed by atoms with Crippen molar-refractivity contribution in [2.75, 3.05) is 51.9 Å². The fraction of sp³-hybridized carbons (Fsp3) is 0.333. The first-order chi connectivity index (χ1) is 30.2. The zero-order valence-electron chi connectivity index (χ0n) is 34.0. The molecule has 5 amide bonds. The summed E-state index contributed by atoms with van der Waals surface area (Å²) in [5.41, 5.74) is 9.23. The van der Waals surface area contributed by atoms with Crippen molar-refractivity contribution in [2.24, 2.45) is 0 Å². The summed E-state index contributed by atoms with van der Waals surface area (Å²) in [6.07, 6.45) is 4.21. The summed E-state index contributed by atoms with van der Waals surface area (Å²) in [6.45, 7) is 6.48. The van der Waals surface area contributed by atoms with E-state index in [1.807, 2.05) is 64.2 Å². The largest absolute Gasteiger partial charge is 0.490 e. The Morgan fingerprint density at radius 1 is 0.855 bits per heavy atom. The van der Waals surface area contributed by atoms with Gasteiger partial charge in [0.05, 0.1) is 42.4 Å². The molecule has 2 unspecified atom stereocenters. The number of nitrogens with one attached hydrogen (secondary N) is 1. The fourth-order valence-corrected chi connectivity index (χ4v) is 7.95. The number of nitrogen functional groups attached to an aromatic ring is 1. The summed E-state index contributed by atoms with van der Waals surface area (Å²) in [5, 5.41) is 7.85. The van der Waals surface area contributed by atoms with Crippen LogP contribution in [0.1, 0.15) is 65.3 Å². The van der Waals surface area contributed by atoms with E-state index < -0.39 is 29.7 Å². The minimum atomic E-state index is -1.06. The number of imide groups is 2. The molecular weight excluding hydrogens is 797 g/mol. The first-order valence-electron chi connectivity index (χ1n) is 20.6. The van der Waals surface area contributed by atoms with Crippen molar-refractivity contribution < 1.29 is 42.9 Å². The van der Waals surface area contributed by atoms with Crippen molar-refractivity contribution in [1.82, 2.24) is 34.9 Å². The summed E-state index contributed by atoms with van der Waals surface area (Å²) in [5.74, 6) is -0.488. The molecule has 0 spiro atoms. The standard InChI is InChI=1S/C45H46N8O9/c1-28(8-7-21-59-22-23-60-24-25-61-35-13-5-12-33-37(35)45(58)52(44(33)57)34-18-19-36(54)49-42(34)55)43(56)51-20-6-9-30(26-51)53-41-38(40(46)47-27-48-41)39(50-53)29-14-16-32(17-15-29)62-31-10-3-2-4-11-31/h2-5,10-17,27,30,34H,1,6-9,18-26H2,(H2,46,47,48)(H,49,54,55). The number of aromatic nitrogens is 4. The van der Waals surface area contributed by atoms with Crippen LogP contribution in [-0.4, -0.2) is 111 Å². The number of piperidine rings is 2. The highest BCUT2D eigenvalue weighted by Crippen LogP contribution is 2.36. The van der Waals surface area contributed by atoms with Crippen molar-refractivity contribution in [3.8, 4) is 28.5 Å². The molecule has 3 aliphatic rings. The molecule has 0 saturated carbocycles. The Hall–Kier alpha value is -6.98. The molecule has 2 saturated heterocycles. The summed E-state index contributed by atoms with van der Waals surface area (Å²) in [6, 6.07) is 20.7. The average molecular weight is 843 g/mol. The van der Waals surface area contributed by atoms with Crippen molar-refractivity contribution in [1.29, 1.82) is 0 Å². The van der Waals surface area contributed by atoms with Gasteiger partial charge in [-0.1, -0.05) is 30.8 Å². The van der Waals surface area contributed by atoms with Gasteiger partial charge in [-0.2, -0.15) is 5.10 Å². The predicted octanol–water partition coefficient (Wildman–Crippen LogP) is 4.88. The lowest BCUT2D eigenvalue weighted by molar-refractivity contribution is -0.136. The molecule has 3 N–H and O–H groups in total. The van der Waals surface area contributed by atoms with Gasteiger partial charge in [-0.05, 0) is 80.6 Å². The molecule has 5 heterocycles. The maximum absolute atomic E-state index is 13.6. The average Bonchev–Trinajstić information content (AvgIpc) is 3.80. The van der Waals surface area contributed by atoms with Crippen molar-refractivity contribution in [2.45, 2.75) is 50.6 Å². The number of carbonyl (C=O) groups excluding carboxylic acids is 5. The molecule has 2 fully saturated rings. The van der Waals surface area contributed by atoms with E-state index in [1.54, 1.807) is 12.1 Å². The van der Waals surface area contributed by atoms with Crippen LogP contribution in [0.3, 0.4) is 0 Å². The molecule has 0 radical (unpaired) electrons. The van der Waals surface area contributed by atoms with E-state index in [4.69, 9.17) is 29.8 Å². The number of benzene rings is 3. The zero-order valence-corrected chi connectivity index (χ0v) is 34.0. The van der Waals surface area contributed by atoms with Crippen LogP contribution in [0.5, 0.6) is 17.2 Å². The number of nitrogens with two attached hydrogens (primary N) is 1. The second-order valence-corrected chi connectivity index (χ2v) is 15.1. The molecule has 8 rings (SSSR count). The Kier molecular flexibility index (Phi) is 12.6. The quantitative estimate of drug-likeness (QED) is 0.0728. The van der Waals surface area contributed by atoms with Gasteiger partial charge in [0, 0.05) is 37.3 Å². The molecule has 62 heavy (non-hydrogen) atoms. The number of carbonyl (C=O) groups is 5. The molecule has 320 valence electrons. The third-order valence-electron chi connectivity index (χ3n) is 11.0. The molecule has 2 atom stereocenters. The molecule has 17 heteroatoms. The van der Waals surface area contributed by atoms with Crippen LogP contribution in [0.4, 0.5) is 5.82 Å². The number of nitrogens with zero attached hydrogens (tertiary/aromatic N) is 6. The van der Waals surface area contributed by atoms with Crippen LogP contribution in [0.25, 0.3) is 22.3 Å². The van der Waals surface area contributed by atoms with E-state index in [-0.39, 0.29) is 54.9 Å². The lowest BCUT2D eigenvalue weighted by Crippen LogP contribution is -2.54. The Bertz CT molecular complexity index is 2510. The van der Waals surface area contributed by atoms with E-state index in [2.05, 4.69) is 21.9 Å². The van der Waals surface area contributed by atoms with Gasteiger partial charge < -0.3 is 29.6 Å². The van der Waals surface area contributed by atoms with Crippen LogP contribution in [0, 0.1) is 0 Å².